The minimum Gasteiger partial charge on any atom is -0.481 e. The third kappa shape index (κ3) is 3.24. The fourth-order valence-corrected chi connectivity index (χ4v) is 2.80. The first-order valence-electron chi connectivity index (χ1n) is 7.39. The van der Waals surface area contributed by atoms with E-state index in [9.17, 15) is 4.79 Å². The van der Waals surface area contributed by atoms with Crippen LogP contribution in [0.5, 0.6) is 5.88 Å². The molecule has 0 spiro atoms. The summed E-state index contributed by atoms with van der Waals surface area (Å²) in [5, 5.41) is 7.81. The molecule has 2 aromatic heterocycles. The highest BCUT2D eigenvalue weighted by Gasteiger charge is 2.25. The normalized spacial score (nSPS) is 18.2. The van der Waals surface area contributed by atoms with Gasteiger partial charge in [-0.25, -0.2) is 4.98 Å². The first-order chi connectivity index (χ1) is 10.8. The number of ether oxygens (including phenoxy) is 1. The molecular formula is C15H19N5O2. The summed E-state index contributed by atoms with van der Waals surface area (Å²) in [6.45, 7) is 2.33. The molecule has 0 aliphatic carbocycles. The van der Waals surface area contributed by atoms with Gasteiger partial charge in [0.1, 0.15) is 0 Å². The molecule has 1 amide bonds. The Morgan fingerprint density at radius 2 is 2.36 bits per heavy atom. The number of hydrogen-bond acceptors (Lipinski definition) is 5. The van der Waals surface area contributed by atoms with Crippen molar-refractivity contribution in [2.75, 3.05) is 20.2 Å². The van der Waals surface area contributed by atoms with Crippen molar-refractivity contribution in [2.45, 2.75) is 19.4 Å². The number of amides is 1. The van der Waals surface area contributed by atoms with Gasteiger partial charge in [0.15, 0.2) is 0 Å². The summed E-state index contributed by atoms with van der Waals surface area (Å²) in [5.41, 5.74) is 0.599. The van der Waals surface area contributed by atoms with Crippen LogP contribution in [-0.2, 0) is 6.54 Å². The second-order valence-electron chi connectivity index (χ2n) is 5.47. The Morgan fingerprint density at radius 3 is 3.05 bits per heavy atom. The van der Waals surface area contributed by atoms with Gasteiger partial charge in [0, 0.05) is 38.1 Å². The highest BCUT2D eigenvalue weighted by molar-refractivity contribution is 5.94. The number of rotatable bonds is 4. The molecule has 1 unspecified atom stereocenters. The number of methoxy groups -OCH3 is 1. The molecule has 2 aromatic rings. The van der Waals surface area contributed by atoms with E-state index in [0.29, 0.717) is 17.4 Å². The largest absolute Gasteiger partial charge is 0.481 e. The average Bonchev–Trinajstić information content (AvgIpc) is 3.07. The predicted molar refractivity (Wildman–Crippen MR) is 79.4 cm³/mol. The molecule has 1 atom stereocenters. The second kappa shape index (κ2) is 6.55. The van der Waals surface area contributed by atoms with Crippen LogP contribution in [0, 0.1) is 5.92 Å². The SMILES string of the molecule is COc1ccc(C(=O)N2CCCC(Cn3ccnn3)C2)cn1. The molecule has 0 aromatic carbocycles. The fraction of sp³-hybridized carbons (Fsp3) is 0.467. The number of carbonyl (C=O) groups excluding carboxylic acids is 1. The number of piperidine rings is 1. The van der Waals surface area contributed by atoms with Gasteiger partial charge >= 0.3 is 0 Å². The van der Waals surface area contributed by atoms with E-state index in [1.165, 1.54) is 0 Å². The van der Waals surface area contributed by atoms with Crippen molar-refractivity contribution in [3.63, 3.8) is 0 Å². The highest BCUT2D eigenvalue weighted by atomic mass is 16.5. The molecule has 1 saturated heterocycles. The van der Waals surface area contributed by atoms with Crippen LogP contribution in [0.4, 0.5) is 0 Å². The van der Waals surface area contributed by atoms with Crippen molar-refractivity contribution in [3.05, 3.63) is 36.3 Å². The Balaban J connectivity index is 1.64. The van der Waals surface area contributed by atoms with Crippen molar-refractivity contribution in [2.24, 2.45) is 5.92 Å². The van der Waals surface area contributed by atoms with Gasteiger partial charge in [-0.3, -0.25) is 9.48 Å². The lowest BCUT2D eigenvalue weighted by Crippen LogP contribution is -2.41. The number of pyridine rings is 1. The van der Waals surface area contributed by atoms with Gasteiger partial charge in [0.2, 0.25) is 5.88 Å². The van der Waals surface area contributed by atoms with Crippen LogP contribution in [0.2, 0.25) is 0 Å². The lowest BCUT2D eigenvalue weighted by atomic mass is 9.97. The predicted octanol–water partition coefficient (Wildman–Crippen LogP) is 1.23. The maximum atomic E-state index is 12.6. The third-order valence-electron chi connectivity index (χ3n) is 3.92. The Labute approximate surface area is 128 Å². The summed E-state index contributed by atoms with van der Waals surface area (Å²) < 4.78 is 6.85. The van der Waals surface area contributed by atoms with Crippen molar-refractivity contribution >= 4 is 5.91 Å². The number of carbonyl (C=O) groups is 1. The summed E-state index contributed by atoms with van der Waals surface area (Å²) in [4.78, 5) is 18.6. The van der Waals surface area contributed by atoms with E-state index in [1.807, 2.05) is 15.8 Å². The van der Waals surface area contributed by atoms with E-state index < -0.39 is 0 Å². The molecule has 0 N–H and O–H groups in total. The van der Waals surface area contributed by atoms with Gasteiger partial charge < -0.3 is 9.64 Å². The van der Waals surface area contributed by atoms with Gasteiger partial charge in [0.05, 0.1) is 18.9 Å². The molecular weight excluding hydrogens is 282 g/mol. The first-order valence-corrected chi connectivity index (χ1v) is 7.39. The molecule has 0 radical (unpaired) electrons. The molecule has 3 heterocycles. The van der Waals surface area contributed by atoms with Gasteiger partial charge in [-0.05, 0) is 24.8 Å². The van der Waals surface area contributed by atoms with Crippen LogP contribution in [-0.4, -0.2) is 51.0 Å². The lowest BCUT2D eigenvalue weighted by Gasteiger charge is -2.32. The molecule has 1 aliphatic rings. The van der Waals surface area contributed by atoms with Crippen LogP contribution in [0.1, 0.15) is 23.2 Å². The Hall–Kier alpha value is -2.44. The summed E-state index contributed by atoms with van der Waals surface area (Å²) in [7, 11) is 1.56. The molecule has 7 heteroatoms. The van der Waals surface area contributed by atoms with Crippen molar-refractivity contribution < 1.29 is 9.53 Å². The lowest BCUT2D eigenvalue weighted by molar-refractivity contribution is 0.0659. The Bertz CT molecular complexity index is 611. The van der Waals surface area contributed by atoms with Gasteiger partial charge in [-0.15, -0.1) is 5.10 Å². The zero-order valence-corrected chi connectivity index (χ0v) is 12.6. The maximum Gasteiger partial charge on any atom is 0.255 e. The summed E-state index contributed by atoms with van der Waals surface area (Å²) >= 11 is 0. The molecule has 3 rings (SSSR count). The molecule has 7 nitrogen and oxygen atoms in total. The Morgan fingerprint density at radius 1 is 1.45 bits per heavy atom. The summed E-state index contributed by atoms with van der Waals surface area (Å²) in [6, 6.07) is 3.47. The standard InChI is InChI=1S/C15H19N5O2/c1-22-14-5-4-13(9-16-14)15(21)19-7-2-3-12(10-19)11-20-8-6-17-18-20/h4-6,8-9,12H,2-3,7,10-11H2,1H3. The summed E-state index contributed by atoms with van der Waals surface area (Å²) in [5.74, 6) is 0.948. The van der Waals surface area contributed by atoms with Crippen molar-refractivity contribution in [1.29, 1.82) is 0 Å². The fourth-order valence-electron chi connectivity index (χ4n) is 2.80. The smallest absolute Gasteiger partial charge is 0.255 e. The van der Waals surface area contributed by atoms with Crippen molar-refractivity contribution in [1.82, 2.24) is 24.9 Å². The van der Waals surface area contributed by atoms with E-state index in [-0.39, 0.29) is 5.91 Å². The number of aromatic nitrogens is 4. The van der Waals surface area contributed by atoms with Crippen molar-refractivity contribution in [3.8, 4) is 5.88 Å². The zero-order chi connectivity index (χ0) is 15.4. The van der Waals surface area contributed by atoms with Crippen LogP contribution in [0.3, 0.4) is 0 Å². The number of likely N-dealkylation sites (tertiary alicyclic amines) is 1. The van der Waals surface area contributed by atoms with Crippen LogP contribution in [0.15, 0.2) is 30.7 Å². The third-order valence-corrected chi connectivity index (χ3v) is 3.92. The van der Waals surface area contributed by atoms with Crippen LogP contribution < -0.4 is 4.74 Å². The topological polar surface area (TPSA) is 73.1 Å². The van der Waals surface area contributed by atoms with E-state index in [1.54, 1.807) is 31.6 Å². The number of hydrogen-bond donors (Lipinski definition) is 0. The molecule has 0 saturated carbocycles. The highest BCUT2D eigenvalue weighted by Crippen LogP contribution is 2.20. The summed E-state index contributed by atoms with van der Waals surface area (Å²) in [6.07, 6.45) is 7.21. The minimum atomic E-state index is 0.0263. The molecule has 116 valence electrons. The van der Waals surface area contributed by atoms with Gasteiger partial charge in [-0.1, -0.05) is 5.21 Å². The van der Waals surface area contributed by atoms with Crippen LogP contribution in [0.25, 0.3) is 0 Å². The quantitative estimate of drug-likeness (QED) is 0.849. The van der Waals surface area contributed by atoms with E-state index in [2.05, 4.69) is 15.3 Å². The second-order valence-corrected chi connectivity index (χ2v) is 5.47. The first kappa shape index (κ1) is 14.5. The monoisotopic (exact) mass is 301 g/mol. The number of nitrogens with zero attached hydrogens (tertiary/aromatic N) is 5. The zero-order valence-electron chi connectivity index (χ0n) is 12.6. The van der Waals surface area contributed by atoms with E-state index in [0.717, 1.165) is 32.5 Å². The van der Waals surface area contributed by atoms with E-state index >= 15 is 0 Å². The Kier molecular flexibility index (Phi) is 4.32. The molecule has 0 bridgehead atoms. The maximum absolute atomic E-state index is 12.6. The van der Waals surface area contributed by atoms with E-state index in [4.69, 9.17) is 4.74 Å². The minimum absolute atomic E-state index is 0.0263. The molecule has 1 aliphatic heterocycles. The van der Waals surface area contributed by atoms with Crippen LogP contribution >= 0.6 is 0 Å². The molecule has 22 heavy (non-hydrogen) atoms. The molecule has 1 fully saturated rings. The van der Waals surface area contributed by atoms with Gasteiger partial charge in [0.25, 0.3) is 5.91 Å². The average molecular weight is 301 g/mol. The van der Waals surface area contributed by atoms with Gasteiger partial charge in [-0.2, -0.15) is 0 Å².